The molecule has 0 unspecified atom stereocenters. The van der Waals surface area contributed by atoms with Gasteiger partial charge in [0.2, 0.25) is 23.6 Å². The average Bonchev–Trinajstić information content (AvgIpc) is 1.25. The highest BCUT2D eigenvalue weighted by atomic mass is 32.1. The number of hydrogen-bond acceptors (Lipinski definition) is 30. The second-order valence-corrected chi connectivity index (χ2v) is 36.5. The fourth-order valence-corrected chi connectivity index (χ4v) is 16.8. The van der Waals surface area contributed by atoms with Crippen molar-refractivity contribution in [2.45, 2.75) is 93.9 Å². The first-order valence-electron chi connectivity index (χ1n) is 40.4. The number of carboxylic acids is 4. The number of benzene rings is 6. The monoisotopic (exact) mass is 1960 g/mol. The van der Waals surface area contributed by atoms with Gasteiger partial charge in [-0.15, -0.1) is 55.5 Å². The summed E-state index contributed by atoms with van der Waals surface area (Å²) < 4.78 is 77.1. The van der Waals surface area contributed by atoms with Crippen molar-refractivity contribution in [3.63, 3.8) is 0 Å². The van der Waals surface area contributed by atoms with Gasteiger partial charge < -0.3 is 78.3 Å². The number of aromatic amines is 1. The number of nitrogens with zero attached hydrogens (tertiary/aromatic N) is 6. The number of anilines is 3. The maximum atomic E-state index is 14.3. The van der Waals surface area contributed by atoms with Crippen LogP contribution in [0.15, 0.2) is 173 Å². The zero-order valence-corrected chi connectivity index (χ0v) is 76.9. The third kappa shape index (κ3) is 28.6. The largest absolute Gasteiger partial charge is 0.478 e. The molecule has 5 aromatic heterocycles. The number of aromatic nitrogens is 4. The molecule has 0 saturated heterocycles. The number of ether oxygens (including phenoxy) is 4. The van der Waals surface area contributed by atoms with Crippen LogP contribution in [0.2, 0.25) is 0 Å². The number of halogens is 4. The van der Waals surface area contributed by atoms with Crippen LogP contribution >= 0.6 is 45.3 Å². The molecule has 0 bridgehead atoms. The van der Waals surface area contributed by atoms with Gasteiger partial charge >= 0.3 is 47.8 Å². The lowest BCUT2D eigenvalue weighted by Crippen LogP contribution is -2.40. The quantitative estimate of drug-likeness (QED) is 0.00577. The molecular formula is C90H87F4N19O20S4. The van der Waals surface area contributed by atoms with E-state index in [-0.39, 0.29) is 159 Å². The van der Waals surface area contributed by atoms with Crippen molar-refractivity contribution in [2.75, 3.05) is 29.0 Å². The number of tetrazole rings is 1. The van der Waals surface area contributed by atoms with Crippen molar-refractivity contribution in [2.24, 2.45) is 60.0 Å². The van der Waals surface area contributed by atoms with Crippen LogP contribution in [0.4, 0.5) is 34.9 Å². The van der Waals surface area contributed by atoms with Crippen LogP contribution in [0.1, 0.15) is 190 Å². The average molecular weight is 1960 g/mol. The first-order valence-corrected chi connectivity index (χ1v) is 43.6. The van der Waals surface area contributed by atoms with Gasteiger partial charge in [0.25, 0.3) is 5.95 Å². The summed E-state index contributed by atoms with van der Waals surface area (Å²) in [6, 6.07) is 33.9. The topological polar surface area (TPSA) is 662 Å². The Hall–Kier alpha value is -16.3. The Morgan fingerprint density at radius 2 is 0.701 bits per heavy atom. The maximum Gasteiger partial charge on any atom is 0.353 e. The fraction of sp³-hybridized carbons (Fsp3) is 0.222. The van der Waals surface area contributed by atoms with Gasteiger partial charge in [-0.3, -0.25) is 46.1 Å². The number of nitrogens with one attached hydrogen (secondary N) is 9. The number of H-pyrrole nitrogens is 1. The maximum absolute atomic E-state index is 14.3. The van der Waals surface area contributed by atoms with Crippen molar-refractivity contribution >= 4 is 163 Å². The van der Waals surface area contributed by atoms with Gasteiger partial charge in [0.1, 0.15) is 49.4 Å². The number of rotatable bonds is 35. The number of carbonyl (C=O) groups excluding carboxylic acids is 8. The van der Waals surface area contributed by atoms with Crippen LogP contribution in [0.3, 0.4) is 0 Å². The number of nitrogens with two attached hydrogens (primary N) is 4. The first kappa shape index (κ1) is 104. The van der Waals surface area contributed by atoms with Crippen LogP contribution in [-0.2, 0) is 44.9 Å². The van der Waals surface area contributed by atoms with Gasteiger partial charge in [-0.2, -0.15) is 10.3 Å². The summed E-state index contributed by atoms with van der Waals surface area (Å²) in [4.78, 5) is 150. The van der Waals surface area contributed by atoms with Crippen LogP contribution < -0.4 is 63.1 Å². The molecule has 47 heteroatoms. The van der Waals surface area contributed by atoms with E-state index in [1.54, 1.807) is 77.9 Å². The van der Waals surface area contributed by atoms with E-state index in [2.05, 4.69) is 57.3 Å². The number of esters is 4. The molecule has 11 aromatic rings. The third-order valence-electron chi connectivity index (χ3n) is 20.2. The number of nitrogen functional groups attached to an aromatic ring is 4. The molecule has 1 aliphatic heterocycles. The molecule has 1 aliphatic rings. The minimum absolute atomic E-state index is 0.0173. The zero-order chi connectivity index (χ0) is 101. The Labute approximate surface area is 791 Å². The minimum Gasteiger partial charge on any atom is -0.478 e. The van der Waals surface area contributed by atoms with E-state index in [0.717, 1.165) is 92.3 Å². The lowest BCUT2D eigenvalue weighted by molar-refractivity contribution is -0.129. The van der Waals surface area contributed by atoms with Crippen molar-refractivity contribution < 1.29 is 114 Å². The van der Waals surface area contributed by atoms with E-state index in [1.165, 1.54) is 84.1 Å². The second kappa shape index (κ2) is 45.4. The number of carbonyl (C=O) groups is 12. The summed E-state index contributed by atoms with van der Waals surface area (Å²) in [5.74, 6) is -15.4. The number of amidine groups is 4. The molecular weight excluding hydrogens is 1870 g/mol. The molecule has 4 amide bonds. The number of thiophene rings is 4. The summed E-state index contributed by atoms with van der Waals surface area (Å²) in [7, 11) is 0. The Morgan fingerprint density at radius 1 is 0.401 bits per heavy atom. The lowest BCUT2D eigenvalue weighted by atomic mass is 9.77. The Morgan fingerprint density at radius 3 is 0.971 bits per heavy atom. The smallest absolute Gasteiger partial charge is 0.353 e. The summed E-state index contributed by atoms with van der Waals surface area (Å²) in [5.41, 5.74) is 18.0. The van der Waals surface area contributed by atoms with Gasteiger partial charge in [-0.25, -0.2) is 55.9 Å². The van der Waals surface area contributed by atoms with Crippen LogP contribution in [0.5, 0.6) is 23.0 Å². The molecule has 714 valence electrons. The highest BCUT2D eigenvalue weighted by Gasteiger charge is 2.38. The molecule has 0 aliphatic carbocycles. The number of hydrogen-bond donors (Lipinski definition) is 17. The minimum atomic E-state index is -1.34. The fourth-order valence-electron chi connectivity index (χ4n) is 12.4. The van der Waals surface area contributed by atoms with Gasteiger partial charge in [0, 0.05) is 69.4 Å². The lowest BCUT2D eigenvalue weighted by Gasteiger charge is -2.30. The number of amides is 4. The third-order valence-corrected chi connectivity index (χ3v) is 24.4. The van der Waals surface area contributed by atoms with Crippen molar-refractivity contribution in [1.29, 1.82) is 21.6 Å². The zero-order valence-electron chi connectivity index (χ0n) is 73.6. The van der Waals surface area contributed by atoms with Gasteiger partial charge in [-0.1, -0.05) is 60.5 Å². The van der Waals surface area contributed by atoms with Gasteiger partial charge in [0.05, 0.1) is 39.9 Å². The van der Waals surface area contributed by atoms with Gasteiger partial charge in [0.15, 0.2) is 46.3 Å². The van der Waals surface area contributed by atoms with Gasteiger partial charge in [-0.05, 0) is 207 Å². The standard InChI is InChI=1S/C27H26FN3O7S.C25H22FN3O7S.C20H21FN6O3S.C18H18FN7O3S/c1-3-27(4-2,26(37)31-17-10-15(23(32)33)9-16(11-17)24(34)35)13-18-6-8-21(39-18)25(36)38-20-7-5-14(22(29)30)12-19(20)28;1-25(2,24(35)29-15-8-13(21(30)31)7-14(9-15)22(32)33)11-16-4-6-19(37-16)23(34)36-18-5-3-12(20(27)28)10-17(18)26;1-20(2,19(29)24-9-12-10-25-27-26-12)8-13-4-6-16(31-13)18(28)30-15-5-3-11(17(22)23)7-14(15)21;1-18(2,16(28)22-17-23-25-26-24-17)8-10-4-6-13(30-10)15(27)29-12-5-3-9(14(20)21)7-11(12)19/h5-12H,3-4,13H2,1-2H3,(H3,29,30)(H,31,37)(H,32,33)(H,34,35);3-10H,11H2,1-2H3,(H3,27,28)(H,29,35)(H,30,31)(H,32,33);3-7H,8-10H2,1-2H3,(H3,22,23)(H,24,29);3-7H,8H2,1-2H3,(H3,20,21)(H2,22,23,24,25,26,28). The Bertz CT molecular complexity index is 6580. The molecule has 21 N–H and O–H groups in total. The molecule has 12 rings (SSSR count). The predicted octanol–water partition coefficient (Wildman–Crippen LogP) is 13.8. The summed E-state index contributed by atoms with van der Waals surface area (Å²) >= 11 is 4.46. The van der Waals surface area contributed by atoms with E-state index < -0.39 is 104 Å². The molecule has 0 atom stereocenters. The van der Waals surface area contributed by atoms with E-state index >= 15 is 0 Å². The Kier molecular flexibility index (Phi) is 34.6. The molecule has 0 fully saturated rings. The second-order valence-electron chi connectivity index (χ2n) is 31.9. The normalized spacial score (nSPS) is 11.5. The van der Waals surface area contributed by atoms with E-state index in [0.29, 0.717) is 47.7 Å². The highest BCUT2D eigenvalue weighted by Crippen LogP contribution is 2.38. The number of carboxylic acid groups (broad SMARTS) is 4. The molecule has 137 heavy (non-hydrogen) atoms. The SMILES string of the molecule is CC(C)(Cc1ccc(C(=O)Oc2ccc(C(=N)N)cc2F)s1)C(=O)NCC1=NN=NC1.CC(C)(Cc1ccc(C(=O)Oc2ccc(C(=N)N)cc2F)s1)C(=O)Nc1cc(C(=O)O)cc(C(=O)O)c1.CC(C)(Cc1ccc(C(=O)Oc2ccc(C(=N)N)cc2F)s1)C(=O)Nc1nn[nH]n1.CCC(CC)(Cc1ccc(C(=O)Oc2ccc(C(=N)N)cc2F)s1)C(=O)Nc1cc(C(=O)O)cc(C(=O)O)c1. The summed E-state index contributed by atoms with van der Waals surface area (Å²) in [5, 5.41) is 101. The molecule has 6 heterocycles. The first-order chi connectivity index (χ1) is 64.5. The van der Waals surface area contributed by atoms with E-state index in [4.69, 9.17) is 63.5 Å². The molecule has 6 aromatic carbocycles. The van der Waals surface area contributed by atoms with Crippen LogP contribution in [0.25, 0.3) is 0 Å². The molecule has 0 saturated carbocycles. The number of aromatic carboxylic acids is 4. The highest BCUT2D eigenvalue weighted by molar-refractivity contribution is 7.15. The Balaban J connectivity index is 0.000000206. The van der Waals surface area contributed by atoms with E-state index in [9.17, 15) is 95.5 Å². The summed E-state index contributed by atoms with van der Waals surface area (Å²) in [6.07, 6.45) is 1.95. The molecule has 39 nitrogen and oxygen atoms in total. The van der Waals surface area contributed by atoms with Crippen molar-refractivity contribution in [3.8, 4) is 23.0 Å². The van der Waals surface area contributed by atoms with Crippen molar-refractivity contribution in [3.05, 3.63) is 265 Å². The van der Waals surface area contributed by atoms with E-state index in [1.807, 2.05) is 13.8 Å². The molecule has 0 spiro atoms. The van der Waals surface area contributed by atoms with Crippen LogP contribution in [-0.4, -0.2) is 155 Å². The predicted molar refractivity (Wildman–Crippen MR) is 497 cm³/mol. The summed E-state index contributed by atoms with van der Waals surface area (Å²) in [6.45, 7) is 14.6. The van der Waals surface area contributed by atoms with Crippen LogP contribution in [0, 0.1) is 66.6 Å². The van der Waals surface area contributed by atoms with Crippen molar-refractivity contribution in [1.82, 2.24) is 25.9 Å². The molecule has 0 radical (unpaired) electrons.